The SMILES string of the molecule is N#Cc1ccc(NC(=O)CSc2nnnn2C2CCCC2)cc1. The Balaban J connectivity index is 1.54. The van der Waals surface area contributed by atoms with Gasteiger partial charge in [0.2, 0.25) is 11.1 Å². The lowest BCUT2D eigenvalue weighted by molar-refractivity contribution is -0.113. The summed E-state index contributed by atoms with van der Waals surface area (Å²) >= 11 is 1.34. The molecular formula is C15H16N6OS. The summed E-state index contributed by atoms with van der Waals surface area (Å²) in [7, 11) is 0. The zero-order chi connectivity index (χ0) is 16.1. The lowest BCUT2D eigenvalue weighted by Gasteiger charge is -2.10. The van der Waals surface area contributed by atoms with Crippen LogP contribution in [0.1, 0.15) is 37.3 Å². The number of nitrogens with one attached hydrogen (secondary N) is 1. The van der Waals surface area contributed by atoms with Gasteiger partial charge in [-0.3, -0.25) is 4.79 Å². The zero-order valence-electron chi connectivity index (χ0n) is 12.5. The number of benzene rings is 1. The van der Waals surface area contributed by atoms with E-state index in [1.807, 2.05) is 10.8 Å². The molecule has 1 aromatic heterocycles. The minimum atomic E-state index is -0.124. The van der Waals surface area contributed by atoms with Crippen LogP contribution in [0.3, 0.4) is 0 Å². The second-order valence-electron chi connectivity index (χ2n) is 5.37. The Kier molecular flexibility index (Phi) is 4.88. The van der Waals surface area contributed by atoms with E-state index >= 15 is 0 Å². The number of carbonyl (C=O) groups is 1. The van der Waals surface area contributed by atoms with Crippen LogP contribution in [0.5, 0.6) is 0 Å². The number of nitrogens with zero attached hydrogens (tertiary/aromatic N) is 5. The first-order valence-electron chi connectivity index (χ1n) is 7.47. The number of anilines is 1. The molecule has 2 aromatic rings. The Hall–Kier alpha value is -2.40. The predicted molar refractivity (Wildman–Crippen MR) is 85.8 cm³/mol. The summed E-state index contributed by atoms with van der Waals surface area (Å²) in [6, 6.07) is 9.16. The van der Waals surface area contributed by atoms with Crippen molar-refractivity contribution < 1.29 is 4.79 Å². The molecule has 1 saturated carbocycles. The lowest BCUT2D eigenvalue weighted by Crippen LogP contribution is -2.15. The second-order valence-corrected chi connectivity index (χ2v) is 6.31. The van der Waals surface area contributed by atoms with Crippen LogP contribution < -0.4 is 5.32 Å². The van der Waals surface area contributed by atoms with Gasteiger partial charge in [0.25, 0.3) is 0 Å². The van der Waals surface area contributed by atoms with Gasteiger partial charge >= 0.3 is 0 Å². The monoisotopic (exact) mass is 328 g/mol. The van der Waals surface area contributed by atoms with Crippen molar-refractivity contribution in [3.63, 3.8) is 0 Å². The van der Waals surface area contributed by atoms with Gasteiger partial charge in [0, 0.05) is 5.69 Å². The van der Waals surface area contributed by atoms with Gasteiger partial charge in [-0.1, -0.05) is 24.6 Å². The van der Waals surface area contributed by atoms with E-state index in [2.05, 4.69) is 20.8 Å². The van der Waals surface area contributed by atoms with Gasteiger partial charge in [0.15, 0.2) is 0 Å². The van der Waals surface area contributed by atoms with Gasteiger partial charge < -0.3 is 5.32 Å². The molecule has 1 aliphatic rings. The normalized spacial score (nSPS) is 14.6. The Labute approximate surface area is 138 Å². The zero-order valence-corrected chi connectivity index (χ0v) is 13.3. The number of hydrogen-bond donors (Lipinski definition) is 1. The molecule has 23 heavy (non-hydrogen) atoms. The van der Waals surface area contributed by atoms with E-state index in [4.69, 9.17) is 5.26 Å². The van der Waals surface area contributed by atoms with Crippen LogP contribution in [0.25, 0.3) is 0 Å². The number of thioether (sulfide) groups is 1. The molecule has 3 rings (SSSR count). The molecule has 8 heteroatoms. The summed E-state index contributed by atoms with van der Waals surface area (Å²) in [5.74, 6) is 0.119. The Bertz CT molecular complexity index is 714. The number of nitriles is 1. The molecule has 1 heterocycles. The highest BCUT2D eigenvalue weighted by atomic mass is 32.2. The van der Waals surface area contributed by atoms with Crippen molar-refractivity contribution in [1.29, 1.82) is 5.26 Å². The van der Waals surface area contributed by atoms with Crippen LogP contribution in [0.15, 0.2) is 29.4 Å². The highest BCUT2D eigenvalue weighted by Gasteiger charge is 2.22. The minimum absolute atomic E-state index is 0.124. The highest BCUT2D eigenvalue weighted by molar-refractivity contribution is 7.99. The smallest absolute Gasteiger partial charge is 0.234 e. The van der Waals surface area contributed by atoms with Crippen molar-refractivity contribution in [3.8, 4) is 6.07 Å². The van der Waals surface area contributed by atoms with Gasteiger partial charge in [0.05, 0.1) is 23.4 Å². The summed E-state index contributed by atoms with van der Waals surface area (Å²) in [6.45, 7) is 0. The van der Waals surface area contributed by atoms with Crippen LogP contribution in [0.4, 0.5) is 5.69 Å². The van der Waals surface area contributed by atoms with E-state index in [0.29, 0.717) is 22.4 Å². The summed E-state index contributed by atoms with van der Waals surface area (Å²) in [5, 5.41) is 24.0. The maximum Gasteiger partial charge on any atom is 0.234 e. The molecule has 0 atom stereocenters. The second kappa shape index (κ2) is 7.24. The first kappa shape index (κ1) is 15.5. The average Bonchev–Trinajstić information content (AvgIpc) is 3.24. The third kappa shape index (κ3) is 3.87. The number of amides is 1. The maximum atomic E-state index is 12.0. The minimum Gasteiger partial charge on any atom is -0.325 e. The van der Waals surface area contributed by atoms with E-state index in [0.717, 1.165) is 12.8 Å². The molecule has 0 saturated heterocycles. The Morgan fingerprint density at radius 2 is 2.09 bits per heavy atom. The molecule has 1 N–H and O–H groups in total. The fraction of sp³-hybridized carbons (Fsp3) is 0.400. The molecule has 0 aliphatic heterocycles. The van der Waals surface area contributed by atoms with Crippen LogP contribution in [0.2, 0.25) is 0 Å². The van der Waals surface area contributed by atoms with Gasteiger partial charge in [-0.05, 0) is 47.5 Å². The van der Waals surface area contributed by atoms with E-state index < -0.39 is 0 Å². The van der Waals surface area contributed by atoms with Crippen LogP contribution >= 0.6 is 11.8 Å². The number of rotatable bonds is 5. The van der Waals surface area contributed by atoms with Gasteiger partial charge in [-0.25, -0.2) is 4.68 Å². The average molecular weight is 328 g/mol. The molecule has 0 bridgehead atoms. The third-order valence-electron chi connectivity index (χ3n) is 3.76. The number of aromatic nitrogens is 4. The van der Waals surface area contributed by atoms with E-state index in [1.165, 1.54) is 24.6 Å². The van der Waals surface area contributed by atoms with E-state index in [1.54, 1.807) is 24.3 Å². The lowest BCUT2D eigenvalue weighted by atomic mass is 10.2. The fourth-order valence-electron chi connectivity index (χ4n) is 2.61. The molecule has 7 nitrogen and oxygen atoms in total. The summed E-state index contributed by atoms with van der Waals surface area (Å²) in [4.78, 5) is 12.0. The molecular weight excluding hydrogens is 312 g/mol. The maximum absolute atomic E-state index is 12.0. The largest absolute Gasteiger partial charge is 0.325 e. The molecule has 1 aromatic carbocycles. The topological polar surface area (TPSA) is 96.5 Å². The predicted octanol–water partition coefficient (Wildman–Crippen LogP) is 2.39. The molecule has 0 radical (unpaired) electrons. The van der Waals surface area contributed by atoms with Crippen molar-refractivity contribution in [1.82, 2.24) is 20.2 Å². The van der Waals surface area contributed by atoms with E-state index in [-0.39, 0.29) is 11.7 Å². The summed E-state index contributed by atoms with van der Waals surface area (Å²) in [5.41, 5.74) is 1.23. The first-order chi connectivity index (χ1) is 11.3. The van der Waals surface area contributed by atoms with Crippen molar-refractivity contribution in [2.75, 3.05) is 11.1 Å². The molecule has 1 fully saturated rings. The summed E-state index contributed by atoms with van der Waals surface area (Å²) in [6.07, 6.45) is 4.59. The van der Waals surface area contributed by atoms with E-state index in [9.17, 15) is 4.79 Å². The quantitative estimate of drug-likeness (QED) is 0.847. The van der Waals surface area contributed by atoms with Crippen LogP contribution in [-0.4, -0.2) is 31.9 Å². The van der Waals surface area contributed by atoms with Crippen LogP contribution in [0, 0.1) is 11.3 Å². The van der Waals surface area contributed by atoms with Crippen molar-refractivity contribution >= 4 is 23.4 Å². The molecule has 0 unspecified atom stereocenters. The molecule has 1 aliphatic carbocycles. The third-order valence-corrected chi connectivity index (χ3v) is 4.70. The molecule has 1 amide bonds. The van der Waals surface area contributed by atoms with Crippen molar-refractivity contribution in [3.05, 3.63) is 29.8 Å². The molecule has 118 valence electrons. The highest BCUT2D eigenvalue weighted by Crippen LogP contribution is 2.31. The first-order valence-corrected chi connectivity index (χ1v) is 8.45. The Morgan fingerprint density at radius 3 is 2.78 bits per heavy atom. The van der Waals surface area contributed by atoms with Gasteiger partial charge in [-0.2, -0.15) is 5.26 Å². The van der Waals surface area contributed by atoms with Crippen molar-refractivity contribution in [2.24, 2.45) is 0 Å². The number of carbonyl (C=O) groups excluding carboxylic acids is 1. The fourth-order valence-corrected chi connectivity index (χ4v) is 3.36. The number of tetrazole rings is 1. The number of hydrogen-bond acceptors (Lipinski definition) is 6. The standard InChI is InChI=1S/C15H16N6OS/c16-9-11-5-7-12(8-6-11)17-14(22)10-23-15-18-19-20-21(15)13-3-1-2-4-13/h5-8,13H,1-4,10H2,(H,17,22). The molecule has 0 spiro atoms. The van der Waals surface area contributed by atoms with Gasteiger partial charge in [-0.15, -0.1) is 5.10 Å². The van der Waals surface area contributed by atoms with Gasteiger partial charge in [0.1, 0.15) is 0 Å². The Morgan fingerprint density at radius 1 is 1.35 bits per heavy atom. The van der Waals surface area contributed by atoms with Crippen LogP contribution in [-0.2, 0) is 4.79 Å². The van der Waals surface area contributed by atoms with Crippen molar-refractivity contribution in [2.45, 2.75) is 36.9 Å². The summed E-state index contributed by atoms with van der Waals surface area (Å²) < 4.78 is 1.84.